The Balaban J connectivity index is 1.94. The second-order valence-electron chi connectivity index (χ2n) is 7.97. The third kappa shape index (κ3) is 4.05. The lowest BCUT2D eigenvalue weighted by atomic mass is 9.72. The van der Waals surface area contributed by atoms with E-state index < -0.39 is 17.7 Å². The first-order valence-corrected chi connectivity index (χ1v) is 9.82. The van der Waals surface area contributed by atoms with Crippen LogP contribution in [0.1, 0.15) is 58.3 Å². The summed E-state index contributed by atoms with van der Waals surface area (Å²) in [5.41, 5.74) is 1.80. The molecule has 1 atom stereocenters. The maximum absolute atomic E-state index is 13.4. The Hall–Kier alpha value is -2.21. The van der Waals surface area contributed by atoms with Crippen molar-refractivity contribution in [2.45, 2.75) is 40.0 Å². The largest absolute Gasteiger partial charge is 0.465 e. The number of hydrogen-bond acceptors (Lipinski definition) is 4. The zero-order chi connectivity index (χ0) is 19.8. The lowest BCUT2D eigenvalue weighted by Gasteiger charge is -2.33. The Morgan fingerprint density at radius 1 is 1.30 bits per heavy atom. The molecule has 144 valence electrons. The minimum Gasteiger partial charge on any atom is -0.465 e. The van der Waals surface area contributed by atoms with Crippen LogP contribution in [0.4, 0.5) is 9.39 Å². The molecule has 1 N–H and O–H groups in total. The van der Waals surface area contributed by atoms with E-state index in [0.717, 1.165) is 29.7 Å². The van der Waals surface area contributed by atoms with E-state index in [1.165, 1.54) is 36.6 Å². The Morgan fingerprint density at radius 2 is 2.04 bits per heavy atom. The van der Waals surface area contributed by atoms with Gasteiger partial charge < -0.3 is 10.1 Å². The highest BCUT2D eigenvalue weighted by Crippen LogP contribution is 2.44. The van der Waals surface area contributed by atoms with Gasteiger partial charge in [0.2, 0.25) is 0 Å². The van der Waals surface area contributed by atoms with E-state index in [1.54, 1.807) is 6.07 Å². The molecular formula is C21H24FNO3S. The number of methoxy groups -OCH3 is 1. The molecule has 3 rings (SSSR count). The predicted molar refractivity (Wildman–Crippen MR) is 105 cm³/mol. The SMILES string of the molecule is COC(=O)c1c(NC(=O)c2cccc(F)c2)sc2c1CC[C@@H](C(C)(C)C)C2. The van der Waals surface area contributed by atoms with Crippen molar-refractivity contribution in [1.29, 1.82) is 0 Å². The molecule has 0 bridgehead atoms. The van der Waals surface area contributed by atoms with E-state index in [2.05, 4.69) is 26.1 Å². The van der Waals surface area contributed by atoms with Crippen LogP contribution < -0.4 is 5.32 Å². The molecular weight excluding hydrogens is 365 g/mol. The number of rotatable bonds is 3. The predicted octanol–water partition coefficient (Wildman–Crippen LogP) is 5.08. The van der Waals surface area contributed by atoms with Crippen molar-refractivity contribution < 1.29 is 18.7 Å². The summed E-state index contributed by atoms with van der Waals surface area (Å²) in [6.45, 7) is 6.68. The maximum atomic E-state index is 13.4. The normalized spacial score (nSPS) is 16.6. The van der Waals surface area contributed by atoms with Gasteiger partial charge in [-0.25, -0.2) is 9.18 Å². The van der Waals surface area contributed by atoms with E-state index in [0.29, 0.717) is 16.5 Å². The number of carbonyl (C=O) groups excluding carboxylic acids is 2. The fourth-order valence-corrected chi connectivity index (χ4v) is 4.85. The summed E-state index contributed by atoms with van der Waals surface area (Å²) < 4.78 is 18.4. The van der Waals surface area contributed by atoms with Crippen LogP contribution >= 0.6 is 11.3 Å². The Bertz CT molecular complexity index is 882. The summed E-state index contributed by atoms with van der Waals surface area (Å²) in [4.78, 5) is 26.1. The summed E-state index contributed by atoms with van der Waals surface area (Å²) in [6.07, 6.45) is 2.66. The average molecular weight is 389 g/mol. The highest BCUT2D eigenvalue weighted by molar-refractivity contribution is 7.17. The lowest BCUT2D eigenvalue weighted by molar-refractivity contribution is 0.0600. The van der Waals surface area contributed by atoms with Crippen LogP contribution in [0.5, 0.6) is 0 Å². The number of fused-ring (bicyclic) bond motifs is 1. The average Bonchev–Trinajstić information content (AvgIpc) is 2.97. The molecule has 1 aromatic carbocycles. The van der Waals surface area contributed by atoms with Gasteiger partial charge in [0, 0.05) is 10.4 Å². The maximum Gasteiger partial charge on any atom is 0.341 e. The molecule has 0 unspecified atom stereocenters. The second-order valence-corrected chi connectivity index (χ2v) is 9.07. The third-order valence-electron chi connectivity index (χ3n) is 5.19. The Labute approximate surface area is 162 Å². The van der Waals surface area contributed by atoms with Crippen molar-refractivity contribution >= 4 is 28.2 Å². The molecule has 1 aromatic heterocycles. The van der Waals surface area contributed by atoms with Crippen LogP contribution in [-0.2, 0) is 17.6 Å². The van der Waals surface area contributed by atoms with E-state index in [-0.39, 0.29) is 11.0 Å². The van der Waals surface area contributed by atoms with Crippen LogP contribution in [0.15, 0.2) is 24.3 Å². The van der Waals surface area contributed by atoms with Crippen molar-refractivity contribution in [1.82, 2.24) is 0 Å². The Kier molecular flexibility index (Phi) is 5.38. The monoisotopic (exact) mass is 389 g/mol. The number of amides is 1. The number of anilines is 1. The van der Waals surface area contributed by atoms with Crippen LogP contribution in [0, 0.1) is 17.2 Å². The zero-order valence-corrected chi connectivity index (χ0v) is 16.8. The van der Waals surface area contributed by atoms with Crippen molar-refractivity contribution in [3.63, 3.8) is 0 Å². The fourth-order valence-electron chi connectivity index (χ4n) is 3.54. The first-order chi connectivity index (χ1) is 12.7. The molecule has 0 saturated carbocycles. The quantitative estimate of drug-likeness (QED) is 0.745. The molecule has 1 aliphatic carbocycles. The van der Waals surface area contributed by atoms with Gasteiger partial charge in [0.25, 0.3) is 5.91 Å². The third-order valence-corrected chi connectivity index (χ3v) is 6.36. The number of carbonyl (C=O) groups is 2. The molecule has 0 saturated heterocycles. The van der Waals surface area contributed by atoms with Gasteiger partial charge in [-0.05, 0) is 54.4 Å². The molecule has 4 nitrogen and oxygen atoms in total. The standard InChI is InChI=1S/C21H24FNO3S/c1-21(2,3)13-8-9-15-16(11-13)27-19(17(15)20(25)26-4)23-18(24)12-6-5-7-14(22)10-12/h5-7,10,13H,8-9,11H2,1-4H3,(H,23,24)/t13-/m1/s1. The second kappa shape index (κ2) is 7.43. The first-order valence-electron chi connectivity index (χ1n) is 9.00. The molecule has 0 spiro atoms. The van der Waals surface area contributed by atoms with E-state index in [4.69, 9.17) is 4.74 Å². The number of halogens is 1. The summed E-state index contributed by atoms with van der Waals surface area (Å²) in [6, 6.07) is 5.49. The van der Waals surface area contributed by atoms with Gasteiger partial charge in [0.05, 0.1) is 12.7 Å². The van der Waals surface area contributed by atoms with E-state index in [9.17, 15) is 14.0 Å². The van der Waals surface area contributed by atoms with Crippen LogP contribution in [0.2, 0.25) is 0 Å². The van der Waals surface area contributed by atoms with Gasteiger partial charge in [-0.1, -0.05) is 26.8 Å². The number of esters is 1. The smallest absolute Gasteiger partial charge is 0.341 e. The van der Waals surface area contributed by atoms with Gasteiger partial charge in [0.1, 0.15) is 10.8 Å². The van der Waals surface area contributed by atoms with Crippen molar-refractivity contribution in [3.8, 4) is 0 Å². The molecule has 2 aromatic rings. The molecule has 1 heterocycles. The van der Waals surface area contributed by atoms with Crippen LogP contribution in [0.25, 0.3) is 0 Å². The molecule has 1 amide bonds. The number of benzene rings is 1. The Morgan fingerprint density at radius 3 is 2.67 bits per heavy atom. The number of nitrogens with one attached hydrogen (secondary N) is 1. The van der Waals surface area contributed by atoms with E-state index in [1.807, 2.05) is 0 Å². The summed E-state index contributed by atoms with van der Waals surface area (Å²) >= 11 is 1.43. The van der Waals surface area contributed by atoms with Gasteiger partial charge in [-0.15, -0.1) is 11.3 Å². The topological polar surface area (TPSA) is 55.4 Å². The van der Waals surface area contributed by atoms with Gasteiger partial charge in [-0.2, -0.15) is 0 Å². The lowest BCUT2D eigenvalue weighted by Crippen LogP contribution is -2.26. The van der Waals surface area contributed by atoms with Crippen LogP contribution in [-0.4, -0.2) is 19.0 Å². The summed E-state index contributed by atoms with van der Waals surface area (Å²) in [5.74, 6) is -0.850. The zero-order valence-electron chi connectivity index (χ0n) is 16.0. The number of ether oxygens (including phenoxy) is 1. The summed E-state index contributed by atoms with van der Waals surface area (Å²) in [5, 5.41) is 3.27. The highest BCUT2D eigenvalue weighted by Gasteiger charge is 2.34. The van der Waals surface area contributed by atoms with Crippen molar-refractivity contribution in [3.05, 3.63) is 51.7 Å². The van der Waals surface area contributed by atoms with E-state index >= 15 is 0 Å². The van der Waals surface area contributed by atoms with Gasteiger partial charge >= 0.3 is 5.97 Å². The van der Waals surface area contributed by atoms with Gasteiger partial charge in [0.15, 0.2) is 0 Å². The number of hydrogen-bond donors (Lipinski definition) is 1. The fraction of sp³-hybridized carbons (Fsp3) is 0.429. The minimum absolute atomic E-state index is 0.179. The van der Waals surface area contributed by atoms with Crippen molar-refractivity contribution in [2.24, 2.45) is 11.3 Å². The van der Waals surface area contributed by atoms with Gasteiger partial charge in [-0.3, -0.25) is 4.79 Å². The molecule has 0 aliphatic heterocycles. The van der Waals surface area contributed by atoms with Crippen LogP contribution in [0.3, 0.4) is 0 Å². The van der Waals surface area contributed by atoms with Crippen molar-refractivity contribution in [2.75, 3.05) is 12.4 Å². The molecule has 27 heavy (non-hydrogen) atoms. The first kappa shape index (κ1) is 19.5. The minimum atomic E-state index is -0.477. The summed E-state index contributed by atoms with van der Waals surface area (Å²) in [7, 11) is 1.34. The highest BCUT2D eigenvalue weighted by atomic mass is 32.1. The molecule has 6 heteroatoms. The molecule has 0 fully saturated rings. The number of thiophene rings is 1. The molecule has 1 aliphatic rings. The molecule has 0 radical (unpaired) electrons.